The Hall–Kier alpha value is -4.12. The van der Waals surface area contributed by atoms with Crippen LogP contribution >= 0.6 is 0 Å². The highest BCUT2D eigenvalue weighted by Crippen LogP contribution is 2.33. The van der Waals surface area contributed by atoms with Crippen LogP contribution in [0.15, 0.2) is 90.8 Å². The Morgan fingerprint density at radius 3 is 2.53 bits per heavy atom. The minimum Gasteiger partial charge on any atom is -0.361 e. The van der Waals surface area contributed by atoms with Gasteiger partial charge < -0.3 is 15.2 Å². The number of para-hydroxylation sites is 2. The number of anilines is 1. The van der Waals surface area contributed by atoms with Crippen molar-refractivity contribution < 1.29 is 9.59 Å². The number of H-pyrrole nitrogens is 1. The van der Waals surface area contributed by atoms with Gasteiger partial charge in [-0.25, -0.2) is 0 Å². The van der Waals surface area contributed by atoms with Gasteiger partial charge in [0.2, 0.25) is 0 Å². The number of carbonyl (C=O) groups is 2. The summed E-state index contributed by atoms with van der Waals surface area (Å²) in [5.74, 6) is -0.540. The second-order valence-electron chi connectivity index (χ2n) is 8.02. The molecule has 0 saturated heterocycles. The highest BCUT2D eigenvalue weighted by molar-refractivity contribution is 6.13. The van der Waals surface area contributed by atoms with Crippen LogP contribution in [0, 0.1) is 0 Å². The Morgan fingerprint density at radius 1 is 0.969 bits per heavy atom. The van der Waals surface area contributed by atoms with E-state index >= 15 is 0 Å². The summed E-state index contributed by atoms with van der Waals surface area (Å²) >= 11 is 0. The second kappa shape index (κ2) is 8.19. The number of hydrogen-bond donors (Lipinski definition) is 2. The molecule has 5 heteroatoms. The van der Waals surface area contributed by atoms with Gasteiger partial charge >= 0.3 is 0 Å². The number of benzene rings is 3. The first-order valence-corrected chi connectivity index (χ1v) is 10.7. The fourth-order valence-electron chi connectivity index (χ4n) is 4.31. The van der Waals surface area contributed by atoms with Crippen molar-refractivity contribution in [1.29, 1.82) is 0 Å². The van der Waals surface area contributed by atoms with Gasteiger partial charge in [-0.05, 0) is 49.2 Å². The van der Waals surface area contributed by atoms with Crippen molar-refractivity contribution in [2.45, 2.75) is 19.4 Å². The molecule has 0 fully saturated rings. The molecule has 2 N–H and O–H groups in total. The van der Waals surface area contributed by atoms with Crippen molar-refractivity contribution in [3.05, 3.63) is 107 Å². The molecule has 0 radical (unpaired) electrons. The Labute approximate surface area is 186 Å². The molecule has 3 aromatic carbocycles. The molecule has 1 aromatic heterocycles. The average Bonchev–Trinajstić information content (AvgIpc) is 3.38. The topological polar surface area (TPSA) is 65.2 Å². The summed E-state index contributed by atoms with van der Waals surface area (Å²) in [6, 6.07) is 24.7. The fraction of sp³-hybridized carbons (Fsp3) is 0.111. The minimum atomic E-state index is -0.315. The quantitative estimate of drug-likeness (QED) is 0.460. The molecule has 5 nitrogen and oxygen atoms in total. The van der Waals surface area contributed by atoms with E-state index in [-0.39, 0.29) is 23.6 Å². The number of amides is 2. The van der Waals surface area contributed by atoms with Crippen LogP contribution in [0.3, 0.4) is 0 Å². The number of nitrogens with zero attached hydrogens (tertiary/aromatic N) is 1. The predicted octanol–water partition coefficient (Wildman–Crippen LogP) is 4.92. The molecule has 1 aliphatic rings. The van der Waals surface area contributed by atoms with E-state index in [4.69, 9.17) is 0 Å². The zero-order valence-electron chi connectivity index (χ0n) is 17.7. The minimum absolute atomic E-state index is 0.0000961. The molecule has 1 aliphatic heterocycles. The summed E-state index contributed by atoms with van der Waals surface area (Å²) in [5.41, 5.74) is 4.59. The molecule has 2 heterocycles. The van der Waals surface area contributed by atoms with Gasteiger partial charge in [0, 0.05) is 40.0 Å². The Morgan fingerprint density at radius 2 is 1.69 bits per heavy atom. The first kappa shape index (κ1) is 19.8. The summed E-state index contributed by atoms with van der Waals surface area (Å²) in [6.45, 7) is 2.03. The van der Waals surface area contributed by atoms with Gasteiger partial charge in [-0.1, -0.05) is 54.6 Å². The normalized spacial score (nSPS) is 15.6. The lowest BCUT2D eigenvalue weighted by atomic mass is 10.1. The van der Waals surface area contributed by atoms with Gasteiger partial charge in [-0.15, -0.1) is 0 Å². The van der Waals surface area contributed by atoms with Gasteiger partial charge in [0.1, 0.15) is 5.70 Å². The summed E-state index contributed by atoms with van der Waals surface area (Å²) in [7, 11) is 0. The summed E-state index contributed by atoms with van der Waals surface area (Å²) in [5, 5.41) is 3.87. The average molecular weight is 422 g/mol. The number of rotatable bonds is 4. The van der Waals surface area contributed by atoms with Crippen LogP contribution in [0.1, 0.15) is 28.4 Å². The molecule has 5 rings (SSSR count). The highest BCUT2D eigenvalue weighted by atomic mass is 16.2. The number of aromatic nitrogens is 1. The monoisotopic (exact) mass is 421 g/mol. The summed E-state index contributed by atoms with van der Waals surface area (Å²) in [4.78, 5) is 31.8. The highest BCUT2D eigenvalue weighted by Gasteiger charge is 2.33. The van der Waals surface area contributed by atoms with E-state index in [2.05, 4.69) is 10.3 Å². The van der Waals surface area contributed by atoms with Crippen LogP contribution in [0.25, 0.3) is 17.0 Å². The first-order chi connectivity index (χ1) is 15.6. The van der Waals surface area contributed by atoms with Crippen LogP contribution in [0.5, 0.6) is 0 Å². The maximum absolute atomic E-state index is 13.8. The van der Waals surface area contributed by atoms with Crippen LogP contribution in [0.4, 0.5) is 5.69 Å². The van der Waals surface area contributed by atoms with Crippen molar-refractivity contribution in [3.8, 4) is 0 Å². The molecule has 0 bridgehead atoms. The maximum Gasteiger partial charge on any atom is 0.275 e. The molecule has 2 amide bonds. The summed E-state index contributed by atoms with van der Waals surface area (Å²) < 4.78 is 0. The largest absolute Gasteiger partial charge is 0.361 e. The fourth-order valence-corrected chi connectivity index (χ4v) is 4.31. The number of hydrogen-bond acceptors (Lipinski definition) is 2. The van der Waals surface area contributed by atoms with E-state index in [0.717, 1.165) is 34.1 Å². The van der Waals surface area contributed by atoms with Crippen molar-refractivity contribution >= 4 is 34.5 Å². The van der Waals surface area contributed by atoms with Gasteiger partial charge in [-0.2, -0.15) is 0 Å². The van der Waals surface area contributed by atoms with Crippen molar-refractivity contribution in [2.75, 3.05) is 4.90 Å². The molecule has 4 aromatic rings. The molecular formula is C27H23N3O2. The molecule has 0 spiro atoms. The lowest BCUT2D eigenvalue weighted by Crippen LogP contribution is -2.41. The van der Waals surface area contributed by atoms with Crippen LogP contribution < -0.4 is 10.2 Å². The third-order valence-electron chi connectivity index (χ3n) is 5.86. The summed E-state index contributed by atoms with van der Waals surface area (Å²) in [6.07, 6.45) is 4.40. The van der Waals surface area contributed by atoms with E-state index in [1.165, 1.54) is 0 Å². The lowest BCUT2D eigenvalue weighted by Gasteiger charge is -2.24. The Kier molecular flexibility index (Phi) is 5.07. The third kappa shape index (κ3) is 3.58. The predicted molar refractivity (Wildman–Crippen MR) is 127 cm³/mol. The second-order valence-corrected chi connectivity index (χ2v) is 8.02. The van der Waals surface area contributed by atoms with Crippen LogP contribution in [-0.2, 0) is 11.2 Å². The molecule has 32 heavy (non-hydrogen) atoms. The van der Waals surface area contributed by atoms with Crippen LogP contribution in [0.2, 0.25) is 0 Å². The Bertz CT molecular complexity index is 1340. The lowest BCUT2D eigenvalue weighted by molar-refractivity contribution is -0.115. The molecule has 0 aliphatic carbocycles. The van der Waals surface area contributed by atoms with E-state index in [0.29, 0.717) is 5.56 Å². The molecule has 0 saturated carbocycles. The zero-order chi connectivity index (χ0) is 22.1. The third-order valence-corrected chi connectivity index (χ3v) is 5.86. The van der Waals surface area contributed by atoms with Gasteiger partial charge in [0.15, 0.2) is 0 Å². The van der Waals surface area contributed by atoms with Gasteiger partial charge in [0.05, 0.1) is 0 Å². The number of fused-ring (bicyclic) bond motifs is 2. The number of aromatic amines is 1. The molecule has 158 valence electrons. The smallest absolute Gasteiger partial charge is 0.275 e. The standard InChI is InChI=1S/C27H23N3O2/c1-18-15-20-11-5-8-14-25(20)30(18)27(32)24(29-26(31)19-9-3-2-4-10-19)16-21-17-28-23-13-7-6-12-22(21)23/h2-14,16-18,28H,15H2,1H3,(H,29,31)/b24-16-. The van der Waals surface area contributed by atoms with Crippen LogP contribution in [-0.4, -0.2) is 22.8 Å². The number of carbonyl (C=O) groups excluding carboxylic acids is 2. The van der Waals surface area contributed by atoms with Crippen molar-refractivity contribution in [2.24, 2.45) is 0 Å². The van der Waals surface area contributed by atoms with Crippen molar-refractivity contribution in [1.82, 2.24) is 10.3 Å². The molecular weight excluding hydrogens is 398 g/mol. The van der Waals surface area contributed by atoms with E-state index < -0.39 is 0 Å². The molecule has 1 unspecified atom stereocenters. The van der Waals surface area contributed by atoms with E-state index in [9.17, 15) is 9.59 Å². The van der Waals surface area contributed by atoms with Crippen molar-refractivity contribution in [3.63, 3.8) is 0 Å². The first-order valence-electron chi connectivity index (χ1n) is 10.7. The van der Waals surface area contributed by atoms with E-state index in [1.807, 2.05) is 67.7 Å². The van der Waals surface area contributed by atoms with E-state index in [1.54, 1.807) is 35.2 Å². The Balaban J connectivity index is 1.56. The van der Waals surface area contributed by atoms with Gasteiger partial charge in [-0.3, -0.25) is 9.59 Å². The maximum atomic E-state index is 13.8. The van der Waals surface area contributed by atoms with Gasteiger partial charge in [0.25, 0.3) is 11.8 Å². The number of nitrogens with one attached hydrogen (secondary N) is 2. The SMILES string of the molecule is CC1Cc2ccccc2N1C(=O)/C(=C/c1c[nH]c2ccccc12)NC(=O)c1ccccc1. The zero-order valence-corrected chi connectivity index (χ0v) is 17.7. The molecule has 1 atom stereocenters.